The third-order valence-corrected chi connectivity index (χ3v) is 3.92. The minimum atomic E-state index is -0.0306. The number of methoxy groups -OCH3 is 1. The van der Waals surface area contributed by atoms with E-state index in [1.165, 1.54) is 5.56 Å². The maximum Gasteiger partial charge on any atom is 0.223 e. The summed E-state index contributed by atoms with van der Waals surface area (Å²) in [6.45, 7) is 4.43. The van der Waals surface area contributed by atoms with Crippen LogP contribution < -0.4 is 14.8 Å². The van der Waals surface area contributed by atoms with Crippen LogP contribution in [0.5, 0.6) is 11.5 Å². The molecule has 0 aliphatic rings. The summed E-state index contributed by atoms with van der Waals surface area (Å²) in [5, 5.41) is 3.00. The summed E-state index contributed by atoms with van der Waals surface area (Å²) in [7, 11) is 1.60. The standard InChI is InChI=1S/C20H25NO3/c1-4-16-9-11-17(12-10-16)15(2)21-20(22)13-14-24-19-8-6-5-7-18(19)23-3/h5-12,15H,4,13-14H2,1-3H3,(H,21,22). The van der Waals surface area contributed by atoms with Gasteiger partial charge in [0.15, 0.2) is 11.5 Å². The van der Waals surface area contributed by atoms with E-state index in [1.807, 2.05) is 31.2 Å². The third-order valence-electron chi connectivity index (χ3n) is 3.92. The molecule has 2 aromatic carbocycles. The Morgan fingerprint density at radius 1 is 1.08 bits per heavy atom. The number of amides is 1. The van der Waals surface area contributed by atoms with Gasteiger partial charge in [-0.15, -0.1) is 0 Å². The van der Waals surface area contributed by atoms with Crippen molar-refractivity contribution in [3.63, 3.8) is 0 Å². The molecule has 24 heavy (non-hydrogen) atoms. The number of para-hydroxylation sites is 2. The maximum absolute atomic E-state index is 12.1. The summed E-state index contributed by atoms with van der Waals surface area (Å²) in [5.74, 6) is 1.29. The van der Waals surface area contributed by atoms with Gasteiger partial charge in [-0.3, -0.25) is 4.79 Å². The second-order valence-electron chi connectivity index (χ2n) is 5.63. The molecule has 1 N–H and O–H groups in total. The van der Waals surface area contributed by atoms with Crippen LogP contribution in [0.1, 0.15) is 37.4 Å². The van der Waals surface area contributed by atoms with E-state index in [0.29, 0.717) is 24.5 Å². The smallest absolute Gasteiger partial charge is 0.223 e. The number of benzene rings is 2. The lowest BCUT2D eigenvalue weighted by molar-refractivity contribution is -0.122. The molecule has 0 heterocycles. The first-order chi connectivity index (χ1) is 11.6. The molecule has 1 atom stereocenters. The quantitative estimate of drug-likeness (QED) is 0.800. The minimum absolute atomic E-state index is 0.0188. The Hall–Kier alpha value is -2.49. The van der Waals surface area contributed by atoms with Crippen LogP contribution in [-0.4, -0.2) is 19.6 Å². The van der Waals surface area contributed by atoms with Crippen molar-refractivity contribution in [3.8, 4) is 11.5 Å². The van der Waals surface area contributed by atoms with Crippen LogP contribution in [0.4, 0.5) is 0 Å². The highest BCUT2D eigenvalue weighted by molar-refractivity contribution is 5.76. The summed E-state index contributed by atoms with van der Waals surface area (Å²) in [5.41, 5.74) is 2.40. The highest BCUT2D eigenvalue weighted by atomic mass is 16.5. The molecular formula is C20H25NO3. The van der Waals surface area contributed by atoms with Crippen LogP contribution in [0.3, 0.4) is 0 Å². The molecule has 2 aromatic rings. The van der Waals surface area contributed by atoms with Crippen LogP contribution in [0, 0.1) is 0 Å². The lowest BCUT2D eigenvalue weighted by atomic mass is 10.0. The van der Waals surface area contributed by atoms with Crippen molar-refractivity contribution in [1.29, 1.82) is 0 Å². The monoisotopic (exact) mass is 327 g/mol. The number of hydrogen-bond donors (Lipinski definition) is 1. The van der Waals surface area contributed by atoms with E-state index in [-0.39, 0.29) is 11.9 Å². The molecule has 0 aliphatic heterocycles. The highest BCUT2D eigenvalue weighted by Crippen LogP contribution is 2.25. The lowest BCUT2D eigenvalue weighted by Gasteiger charge is -2.15. The number of nitrogens with one attached hydrogen (secondary N) is 1. The molecule has 1 amide bonds. The van der Waals surface area contributed by atoms with E-state index >= 15 is 0 Å². The zero-order chi connectivity index (χ0) is 17.4. The minimum Gasteiger partial charge on any atom is -0.493 e. The molecule has 1 unspecified atom stereocenters. The number of hydrogen-bond acceptors (Lipinski definition) is 3. The summed E-state index contributed by atoms with van der Waals surface area (Å²) < 4.78 is 10.8. The third kappa shape index (κ3) is 5.01. The highest BCUT2D eigenvalue weighted by Gasteiger charge is 2.10. The molecule has 2 rings (SSSR count). The van der Waals surface area contributed by atoms with Crippen molar-refractivity contribution in [2.24, 2.45) is 0 Å². The van der Waals surface area contributed by atoms with Crippen molar-refractivity contribution in [2.75, 3.05) is 13.7 Å². The van der Waals surface area contributed by atoms with E-state index < -0.39 is 0 Å². The summed E-state index contributed by atoms with van der Waals surface area (Å²) in [4.78, 5) is 12.1. The van der Waals surface area contributed by atoms with Gasteiger partial charge in [-0.05, 0) is 36.6 Å². The van der Waals surface area contributed by atoms with E-state index in [0.717, 1.165) is 12.0 Å². The van der Waals surface area contributed by atoms with Gasteiger partial charge in [0.2, 0.25) is 5.91 Å². The second kappa shape index (κ2) is 8.96. The molecule has 0 aromatic heterocycles. The fourth-order valence-corrected chi connectivity index (χ4v) is 2.43. The topological polar surface area (TPSA) is 47.6 Å². The second-order valence-corrected chi connectivity index (χ2v) is 5.63. The molecule has 4 nitrogen and oxygen atoms in total. The van der Waals surface area contributed by atoms with Gasteiger partial charge in [-0.2, -0.15) is 0 Å². The van der Waals surface area contributed by atoms with Crippen molar-refractivity contribution in [2.45, 2.75) is 32.7 Å². The van der Waals surface area contributed by atoms with Gasteiger partial charge in [-0.1, -0.05) is 43.3 Å². The Balaban J connectivity index is 1.80. The fourth-order valence-electron chi connectivity index (χ4n) is 2.43. The van der Waals surface area contributed by atoms with Gasteiger partial charge in [0.25, 0.3) is 0 Å². The van der Waals surface area contributed by atoms with E-state index in [1.54, 1.807) is 7.11 Å². The fraction of sp³-hybridized carbons (Fsp3) is 0.350. The molecule has 0 fully saturated rings. The van der Waals surface area contributed by atoms with E-state index in [4.69, 9.17) is 9.47 Å². The molecule has 0 radical (unpaired) electrons. The van der Waals surface area contributed by atoms with Crippen LogP contribution >= 0.6 is 0 Å². The number of aryl methyl sites for hydroxylation is 1. The summed E-state index contributed by atoms with van der Waals surface area (Å²) in [6.07, 6.45) is 1.32. The summed E-state index contributed by atoms with van der Waals surface area (Å²) >= 11 is 0. The Kier molecular flexibility index (Phi) is 6.67. The Morgan fingerprint density at radius 2 is 1.75 bits per heavy atom. The van der Waals surface area contributed by atoms with Gasteiger partial charge < -0.3 is 14.8 Å². The van der Waals surface area contributed by atoms with Crippen LogP contribution in [0.25, 0.3) is 0 Å². The first-order valence-electron chi connectivity index (χ1n) is 8.28. The van der Waals surface area contributed by atoms with Gasteiger partial charge >= 0.3 is 0 Å². The van der Waals surface area contributed by atoms with Gasteiger partial charge in [-0.25, -0.2) is 0 Å². The van der Waals surface area contributed by atoms with E-state index in [9.17, 15) is 4.79 Å². The Bertz CT molecular complexity index is 652. The molecule has 128 valence electrons. The Labute approximate surface area is 143 Å². The normalized spacial score (nSPS) is 11.6. The predicted molar refractivity (Wildman–Crippen MR) is 95.5 cm³/mol. The Morgan fingerprint density at radius 3 is 2.38 bits per heavy atom. The average Bonchev–Trinajstić information content (AvgIpc) is 2.62. The average molecular weight is 327 g/mol. The molecule has 0 saturated heterocycles. The SMILES string of the molecule is CCc1ccc(C(C)NC(=O)CCOc2ccccc2OC)cc1. The molecular weight excluding hydrogens is 302 g/mol. The first kappa shape index (κ1) is 17.9. The number of carbonyl (C=O) groups is 1. The zero-order valence-corrected chi connectivity index (χ0v) is 14.5. The van der Waals surface area contributed by atoms with E-state index in [2.05, 4.69) is 36.5 Å². The number of carbonyl (C=O) groups excluding carboxylic acids is 1. The molecule has 0 aliphatic carbocycles. The number of ether oxygens (including phenoxy) is 2. The molecule has 0 bridgehead atoms. The predicted octanol–water partition coefficient (Wildman–Crippen LogP) is 3.90. The largest absolute Gasteiger partial charge is 0.493 e. The van der Waals surface area contributed by atoms with Crippen LogP contribution in [0.15, 0.2) is 48.5 Å². The molecule has 0 spiro atoms. The zero-order valence-electron chi connectivity index (χ0n) is 14.5. The summed E-state index contributed by atoms with van der Waals surface area (Å²) in [6, 6.07) is 15.7. The van der Waals surface area contributed by atoms with Crippen LogP contribution in [-0.2, 0) is 11.2 Å². The van der Waals surface area contributed by atoms with Gasteiger partial charge in [0, 0.05) is 0 Å². The number of rotatable bonds is 8. The van der Waals surface area contributed by atoms with Crippen molar-refractivity contribution < 1.29 is 14.3 Å². The van der Waals surface area contributed by atoms with Gasteiger partial charge in [0.1, 0.15) is 0 Å². The maximum atomic E-state index is 12.1. The van der Waals surface area contributed by atoms with Crippen molar-refractivity contribution >= 4 is 5.91 Å². The molecule has 4 heteroatoms. The lowest BCUT2D eigenvalue weighted by Crippen LogP contribution is -2.27. The van der Waals surface area contributed by atoms with Crippen molar-refractivity contribution in [3.05, 3.63) is 59.7 Å². The van der Waals surface area contributed by atoms with Crippen molar-refractivity contribution in [1.82, 2.24) is 5.32 Å². The first-order valence-corrected chi connectivity index (χ1v) is 8.28. The van der Waals surface area contributed by atoms with Gasteiger partial charge in [0.05, 0.1) is 26.2 Å². The molecule has 0 saturated carbocycles. The van der Waals surface area contributed by atoms with Crippen LogP contribution in [0.2, 0.25) is 0 Å².